The number of aryl methyl sites for hydroxylation is 1. The van der Waals surface area contributed by atoms with Crippen molar-refractivity contribution >= 4 is 29.8 Å². The predicted octanol–water partition coefficient (Wildman–Crippen LogP) is 5.13. The molecule has 2 aromatic carbocycles. The van der Waals surface area contributed by atoms with Gasteiger partial charge < -0.3 is 19.6 Å². The largest absolute Gasteiger partial charge is 0.482 e. The molecule has 0 saturated carbocycles. The summed E-state index contributed by atoms with van der Waals surface area (Å²) in [5.41, 5.74) is 3.20. The van der Waals surface area contributed by atoms with E-state index < -0.39 is 5.97 Å². The Balaban J connectivity index is 1.19. The van der Waals surface area contributed by atoms with Gasteiger partial charge in [-0.1, -0.05) is 48.2 Å². The Morgan fingerprint density at radius 1 is 1.02 bits per heavy atom. The number of ether oxygens (including phenoxy) is 1. The number of carbonyl (C=O) groups excluding carboxylic acids is 2. The molecule has 0 unspecified atom stereocenters. The van der Waals surface area contributed by atoms with Gasteiger partial charge in [-0.3, -0.25) is 4.90 Å². The highest BCUT2D eigenvalue weighted by atomic mass is 32.2. The SMILES string of the molecule is Cc1nc(Sc2ccc(OCC(=O)O)cc2)ccc1CN1CCC(N2C(=O)N(C(=O)N(C)C)C[C@H]2c2ccccc2)CC1. The molecule has 1 atom stereocenters. The number of benzene rings is 2. The molecule has 11 heteroatoms. The van der Waals surface area contributed by atoms with Crippen LogP contribution in [0.15, 0.2) is 76.7 Å². The fourth-order valence-corrected chi connectivity index (χ4v) is 6.45. The molecule has 5 rings (SSSR count). The monoisotopic (exact) mass is 603 g/mol. The number of hydrogen-bond acceptors (Lipinski definition) is 7. The average Bonchev–Trinajstić information content (AvgIpc) is 3.35. The van der Waals surface area contributed by atoms with Gasteiger partial charge in [-0.15, -0.1) is 0 Å². The lowest BCUT2D eigenvalue weighted by molar-refractivity contribution is -0.139. The lowest BCUT2D eigenvalue weighted by atomic mass is 9.98. The molecule has 0 bridgehead atoms. The van der Waals surface area contributed by atoms with E-state index in [2.05, 4.69) is 11.0 Å². The second kappa shape index (κ2) is 13.5. The molecule has 0 radical (unpaired) electrons. The summed E-state index contributed by atoms with van der Waals surface area (Å²) in [5, 5.41) is 9.65. The number of aliphatic carboxylic acids is 1. The van der Waals surface area contributed by atoms with E-state index in [4.69, 9.17) is 14.8 Å². The maximum atomic E-state index is 13.5. The van der Waals surface area contributed by atoms with Gasteiger partial charge in [0.15, 0.2) is 6.61 Å². The Hall–Kier alpha value is -4.09. The van der Waals surface area contributed by atoms with Crippen LogP contribution < -0.4 is 4.74 Å². The summed E-state index contributed by atoms with van der Waals surface area (Å²) in [6, 6.07) is 20.9. The number of piperidine rings is 1. The molecule has 1 aromatic heterocycles. The zero-order chi connectivity index (χ0) is 30.5. The third-order valence-corrected chi connectivity index (χ3v) is 8.81. The third kappa shape index (κ3) is 7.29. The first-order valence-electron chi connectivity index (χ1n) is 14.4. The molecule has 2 aliphatic rings. The number of carboxylic acids is 1. The number of carbonyl (C=O) groups is 3. The number of aromatic nitrogens is 1. The fraction of sp³-hybridized carbons (Fsp3) is 0.375. The first kappa shape index (κ1) is 30.4. The Kier molecular flexibility index (Phi) is 9.52. The van der Waals surface area contributed by atoms with Crippen LogP contribution in [0.4, 0.5) is 9.59 Å². The molecule has 0 spiro atoms. The summed E-state index contributed by atoms with van der Waals surface area (Å²) >= 11 is 1.54. The molecule has 3 aromatic rings. The van der Waals surface area contributed by atoms with E-state index in [0.717, 1.165) is 53.7 Å². The number of carboxylic acid groups (broad SMARTS) is 1. The van der Waals surface area contributed by atoms with E-state index in [-0.39, 0.29) is 30.8 Å². The summed E-state index contributed by atoms with van der Waals surface area (Å²) < 4.78 is 5.20. The van der Waals surface area contributed by atoms with Gasteiger partial charge in [0.2, 0.25) is 0 Å². The predicted molar refractivity (Wildman–Crippen MR) is 163 cm³/mol. The van der Waals surface area contributed by atoms with Crippen molar-refractivity contribution in [3.05, 3.63) is 83.6 Å². The summed E-state index contributed by atoms with van der Waals surface area (Å²) in [4.78, 5) is 50.0. The number of likely N-dealkylation sites (tertiary alicyclic amines) is 1. The second-order valence-electron chi connectivity index (χ2n) is 11.1. The fourth-order valence-electron chi connectivity index (χ4n) is 5.62. The number of nitrogens with zero attached hydrogens (tertiary/aromatic N) is 5. The molecule has 2 aliphatic heterocycles. The van der Waals surface area contributed by atoms with Gasteiger partial charge >= 0.3 is 18.0 Å². The molecule has 10 nitrogen and oxygen atoms in total. The Morgan fingerprint density at radius 3 is 2.35 bits per heavy atom. The summed E-state index contributed by atoms with van der Waals surface area (Å²) in [6.45, 7) is 4.50. The van der Waals surface area contributed by atoms with Crippen LogP contribution in [0, 0.1) is 6.92 Å². The quantitative estimate of drug-likeness (QED) is 0.359. The molecule has 0 aliphatic carbocycles. The molecular formula is C32H37N5O5S. The van der Waals surface area contributed by atoms with Crippen molar-refractivity contribution in [1.29, 1.82) is 0 Å². The van der Waals surface area contributed by atoms with Crippen LogP contribution in [0.3, 0.4) is 0 Å². The van der Waals surface area contributed by atoms with Gasteiger partial charge in [-0.25, -0.2) is 24.3 Å². The van der Waals surface area contributed by atoms with Crippen LogP contribution in [0.1, 0.15) is 35.7 Å². The summed E-state index contributed by atoms with van der Waals surface area (Å²) in [5.74, 6) is -0.496. The summed E-state index contributed by atoms with van der Waals surface area (Å²) in [6.07, 6.45) is 1.68. The number of pyridine rings is 1. The number of urea groups is 2. The highest BCUT2D eigenvalue weighted by Gasteiger charge is 2.45. The van der Waals surface area contributed by atoms with Crippen molar-refractivity contribution in [3.8, 4) is 5.75 Å². The van der Waals surface area contributed by atoms with Crippen molar-refractivity contribution in [3.63, 3.8) is 0 Å². The van der Waals surface area contributed by atoms with Crippen LogP contribution in [-0.2, 0) is 11.3 Å². The minimum Gasteiger partial charge on any atom is -0.482 e. The first-order chi connectivity index (χ1) is 20.7. The second-order valence-corrected chi connectivity index (χ2v) is 12.2. The average molecular weight is 604 g/mol. The van der Waals surface area contributed by atoms with Gasteiger partial charge in [0, 0.05) is 50.4 Å². The van der Waals surface area contributed by atoms with Crippen molar-refractivity contribution in [2.45, 2.75) is 48.3 Å². The van der Waals surface area contributed by atoms with E-state index in [0.29, 0.717) is 12.3 Å². The van der Waals surface area contributed by atoms with Gasteiger partial charge in [0.05, 0.1) is 12.6 Å². The highest BCUT2D eigenvalue weighted by Crippen LogP contribution is 2.35. The standard InChI is InChI=1S/C32H37N5O5S/c1-22-24(9-14-29(33-22)43-27-12-10-26(11-13-27)42-21-30(38)39)19-35-17-15-25(16-18-35)37-28(23-7-5-4-6-8-23)20-36(32(37)41)31(40)34(2)3/h4-14,25,28H,15-21H2,1-3H3,(H,38,39)/t28-/m0/s1. The number of imide groups is 1. The van der Waals surface area contributed by atoms with Crippen LogP contribution in [0.2, 0.25) is 0 Å². The van der Waals surface area contributed by atoms with Crippen LogP contribution >= 0.6 is 11.8 Å². The molecule has 43 heavy (non-hydrogen) atoms. The van der Waals surface area contributed by atoms with Crippen LogP contribution in [0.5, 0.6) is 5.75 Å². The first-order valence-corrected chi connectivity index (χ1v) is 15.2. The highest BCUT2D eigenvalue weighted by molar-refractivity contribution is 7.99. The molecule has 4 amide bonds. The molecule has 3 heterocycles. The Labute approximate surface area is 256 Å². The van der Waals surface area contributed by atoms with Crippen molar-refractivity contribution in [2.75, 3.05) is 40.3 Å². The minimum atomic E-state index is -1.01. The van der Waals surface area contributed by atoms with Gasteiger partial charge in [0.1, 0.15) is 10.8 Å². The van der Waals surface area contributed by atoms with Crippen molar-refractivity contribution in [1.82, 2.24) is 24.6 Å². The minimum absolute atomic E-state index is 0.0628. The van der Waals surface area contributed by atoms with E-state index in [1.54, 1.807) is 38.0 Å². The zero-order valence-electron chi connectivity index (χ0n) is 24.7. The summed E-state index contributed by atoms with van der Waals surface area (Å²) in [7, 11) is 3.35. The Bertz CT molecular complexity index is 1440. The molecular weight excluding hydrogens is 566 g/mol. The molecule has 226 valence electrons. The van der Waals surface area contributed by atoms with Crippen LogP contribution in [0.25, 0.3) is 0 Å². The number of rotatable bonds is 9. The van der Waals surface area contributed by atoms with E-state index in [1.165, 1.54) is 15.4 Å². The molecule has 1 N–H and O–H groups in total. The smallest absolute Gasteiger partial charge is 0.341 e. The van der Waals surface area contributed by atoms with Gasteiger partial charge in [-0.2, -0.15) is 0 Å². The van der Waals surface area contributed by atoms with Gasteiger partial charge in [0.25, 0.3) is 0 Å². The normalized spacial score (nSPS) is 17.7. The van der Waals surface area contributed by atoms with Crippen molar-refractivity contribution in [2.24, 2.45) is 0 Å². The maximum Gasteiger partial charge on any atom is 0.341 e. The number of amides is 4. The maximum absolute atomic E-state index is 13.5. The lowest BCUT2D eigenvalue weighted by Crippen LogP contribution is -2.48. The zero-order valence-corrected chi connectivity index (χ0v) is 25.5. The Morgan fingerprint density at radius 2 is 1.72 bits per heavy atom. The molecule has 2 saturated heterocycles. The van der Waals surface area contributed by atoms with Crippen molar-refractivity contribution < 1.29 is 24.2 Å². The van der Waals surface area contributed by atoms with E-state index in [1.807, 2.05) is 60.4 Å². The lowest BCUT2D eigenvalue weighted by Gasteiger charge is -2.39. The topological polar surface area (TPSA) is 107 Å². The third-order valence-electron chi connectivity index (χ3n) is 7.86. The van der Waals surface area contributed by atoms with Gasteiger partial charge in [-0.05, 0) is 61.2 Å². The van der Waals surface area contributed by atoms with E-state index in [9.17, 15) is 14.4 Å². The van der Waals surface area contributed by atoms with Crippen LogP contribution in [-0.4, -0.2) is 94.1 Å². The number of hydrogen-bond donors (Lipinski definition) is 1. The molecule has 2 fully saturated rings. The van der Waals surface area contributed by atoms with E-state index >= 15 is 0 Å².